The number of rotatable bonds is 9. The van der Waals surface area contributed by atoms with Crippen LogP contribution in [-0.2, 0) is 5.41 Å². The smallest absolute Gasteiger partial charge is 0.185 e. The minimum Gasteiger partial charge on any atom is -0.508 e. The second kappa shape index (κ2) is 10.1. The van der Waals surface area contributed by atoms with Crippen LogP contribution in [0.3, 0.4) is 0 Å². The maximum Gasteiger partial charge on any atom is 0.185 e. The molecular weight excluding hydrogens is 364 g/mol. The molecule has 4 nitrogen and oxygen atoms in total. The van der Waals surface area contributed by atoms with Gasteiger partial charge in [-0.15, -0.1) is 0 Å². The molecule has 0 saturated carbocycles. The molecule has 0 aliphatic carbocycles. The van der Waals surface area contributed by atoms with Crippen LogP contribution in [0, 0.1) is 0 Å². The predicted molar refractivity (Wildman–Crippen MR) is 118 cm³/mol. The van der Waals surface area contributed by atoms with E-state index in [2.05, 4.69) is 40.7 Å². The normalized spacial score (nSPS) is 11.6. The highest BCUT2D eigenvalue weighted by molar-refractivity contribution is 6.07. The van der Waals surface area contributed by atoms with Crippen molar-refractivity contribution in [1.29, 1.82) is 0 Å². The summed E-state index contributed by atoms with van der Waals surface area (Å²) in [5, 5.41) is 9.43. The van der Waals surface area contributed by atoms with Crippen molar-refractivity contribution >= 4 is 11.9 Å². The number of benzene rings is 2. The van der Waals surface area contributed by atoms with Gasteiger partial charge in [0.15, 0.2) is 5.78 Å². The lowest BCUT2D eigenvalue weighted by Crippen LogP contribution is -2.15. The summed E-state index contributed by atoms with van der Waals surface area (Å²) in [5.74, 6) is 1.46. The number of ketones is 1. The molecule has 0 radical (unpaired) electrons. The zero-order valence-corrected chi connectivity index (χ0v) is 18.1. The average molecular weight is 397 g/mol. The number of ether oxygens (including phenoxy) is 2. The third-order valence-electron chi connectivity index (χ3n) is 4.43. The van der Waals surface area contributed by atoms with Gasteiger partial charge in [-0.3, -0.25) is 4.79 Å². The minimum atomic E-state index is -0.144. The number of hydrogen-bond acceptors (Lipinski definition) is 4. The maximum absolute atomic E-state index is 12.6. The van der Waals surface area contributed by atoms with Crippen LogP contribution >= 0.6 is 0 Å². The van der Waals surface area contributed by atoms with E-state index in [1.807, 2.05) is 6.07 Å². The lowest BCUT2D eigenvalue weighted by molar-refractivity contribution is 0.104. The van der Waals surface area contributed by atoms with Crippen molar-refractivity contribution in [3.63, 3.8) is 0 Å². The largest absolute Gasteiger partial charge is 0.508 e. The summed E-state index contributed by atoms with van der Waals surface area (Å²) in [6, 6.07) is 10.2. The van der Waals surface area contributed by atoms with Crippen LogP contribution < -0.4 is 9.47 Å². The van der Waals surface area contributed by atoms with Gasteiger partial charge in [-0.1, -0.05) is 40.7 Å². The van der Waals surface area contributed by atoms with Crippen LogP contribution in [0.2, 0.25) is 0 Å². The van der Waals surface area contributed by atoms with Gasteiger partial charge in [-0.25, -0.2) is 0 Å². The highest BCUT2D eigenvalue weighted by Gasteiger charge is 2.23. The van der Waals surface area contributed by atoms with E-state index in [4.69, 9.17) is 9.47 Å². The molecule has 0 amide bonds. The molecule has 0 saturated heterocycles. The van der Waals surface area contributed by atoms with Gasteiger partial charge in [0.1, 0.15) is 17.2 Å². The van der Waals surface area contributed by atoms with Crippen LogP contribution in [0.4, 0.5) is 0 Å². The summed E-state index contributed by atoms with van der Waals surface area (Å²) < 4.78 is 12.1. The topological polar surface area (TPSA) is 55.8 Å². The van der Waals surface area contributed by atoms with E-state index in [0.717, 1.165) is 29.7 Å². The molecule has 1 N–H and O–H groups in total. The van der Waals surface area contributed by atoms with E-state index >= 15 is 0 Å². The summed E-state index contributed by atoms with van der Waals surface area (Å²) in [6.07, 6.45) is 5.09. The first-order valence-electron chi connectivity index (χ1n) is 10.2. The molecule has 0 aromatic heterocycles. The number of allylic oxidation sites excluding steroid dienone is 1. The summed E-state index contributed by atoms with van der Waals surface area (Å²) in [7, 11) is 0. The maximum atomic E-state index is 12.6. The molecule has 0 aliphatic heterocycles. The van der Waals surface area contributed by atoms with Crippen LogP contribution in [0.5, 0.6) is 17.2 Å². The van der Waals surface area contributed by atoms with E-state index in [1.165, 1.54) is 18.2 Å². The van der Waals surface area contributed by atoms with Gasteiger partial charge >= 0.3 is 0 Å². The minimum absolute atomic E-state index is 0.115. The molecule has 0 aliphatic rings. The van der Waals surface area contributed by atoms with Gasteiger partial charge in [0.2, 0.25) is 0 Å². The summed E-state index contributed by atoms with van der Waals surface area (Å²) in [6.45, 7) is 11.7. The zero-order valence-electron chi connectivity index (χ0n) is 18.1. The second-order valence-corrected chi connectivity index (χ2v) is 8.05. The zero-order chi connectivity index (χ0) is 21.4. The number of carbonyl (C=O) groups is 1. The Bertz CT molecular complexity index is 842. The molecule has 0 atom stereocenters. The Morgan fingerprint density at radius 2 is 1.59 bits per heavy atom. The van der Waals surface area contributed by atoms with Crippen molar-refractivity contribution in [2.24, 2.45) is 0 Å². The summed E-state index contributed by atoms with van der Waals surface area (Å²) >= 11 is 0. The molecule has 29 heavy (non-hydrogen) atoms. The third kappa shape index (κ3) is 6.11. The Morgan fingerprint density at radius 3 is 2.17 bits per heavy atom. The molecule has 0 fully saturated rings. The Kier molecular flexibility index (Phi) is 7.89. The standard InChI is InChI=1S/C25H32O4/c1-6-16-28-23-15-13-21(25(3,4)5)24(29-17-7-2)20(23)12-14-22(27)18-8-10-19(26)11-9-18/h8-15,26H,6-7,16-17H2,1-5H3. The van der Waals surface area contributed by atoms with Gasteiger partial charge in [0.05, 0.1) is 18.8 Å². The Balaban J connectivity index is 2.51. The Hall–Kier alpha value is -2.75. The number of aromatic hydroxyl groups is 1. The lowest BCUT2D eigenvalue weighted by atomic mass is 9.84. The van der Waals surface area contributed by atoms with Gasteiger partial charge in [-0.05, 0) is 60.7 Å². The van der Waals surface area contributed by atoms with Gasteiger partial charge < -0.3 is 14.6 Å². The molecule has 0 heterocycles. The highest BCUT2D eigenvalue weighted by Crippen LogP contribution is 2.40. The summed E-state index contributed by atoms with van der Waals surface area (Å²) in [4.78, 5) is 12.6. The van der Waals surface area contributed by atoms with E-state index in [-0.39, 0.29) is 16.9 Å². The van der Waals surface area contributed by atoms with Crippen molar-refractivity contribution in [2.45, 2.75) is 52.9 Å². The highest BCUT2D eigenvalue weighted by atomic mass is 16.5. The van der Waals surface area contributed by atoms with Crippen LogP contribution in [0.1, 0.15) is 68.9 Å². The molecule has 2 rings (SSSR count). The fourth-order valence-corrected chi connectivity index (χ4v) is 2.91. The number of phenols is 1. The number of hydrogen-bond donors (Lipinski definition) is 1. The fourth-order valence-electron chi connectivity index (χ4n) is 2.91. The summed E-state index contributed by atoms with van der Waals surface area (Å²) in [5.41, 5.74) is 2.26. The Morgan fingerprint density at radius 1 is 0.966 bits per heavy atom. The van der Waals surface area contributed by atoms with Crippen molar-refractivity contribution < 1.29 is 19.4 Å². The Labute approximate surface area is 174 Å². The van der Waals surface area contributed by atoms with E-state index in [1.54, 1.807) is 18.2 Å². The molecule has 2 aromatic rings. The average Bonchev–Trinajstić information content (AvgIpc) is 2.68. The van der Waals surface area contributed by atoms with Gasteiger partial charge in [-0.2, -0.15) is 0 Å². The van der Waals surface area contributed by atoms with E-state index in [9.17, 15) is 9.90 Å². The first-order valence-corrected chi connectivity index (χ1v) is 10.2. The van der Waals surface area contributed by atoms with Crippen LogP contribution in [0.15, 0.2) is 42.5 Å². The molecule has 2 aromatic carbocycles. The molecule has 156 valence electrons. The molecule has 4 heteroatoms. The van der Waals surface area contributed by atoms with Crippen LogP contribution in [0.25, 0.3) is 6.08 Å². The van der Waals surface area contributed by atoms with Gasteiger partial charge in [0, 0.05) is 11.1 Å². The number of carbonyl (C=O) groups excluding carboxylic acids is 1. The fraction of sp³-hybridized carbons (Fsp3) is 0.400. The van der Waals surface area contributed by atoms with Crippen molar-refractivity contribution in [2.75, 3.05) is 13.2 Å². The lowest BCUT2D eigenvalue weighted by Gasteiger charge is -2.25. The SMILES string of the molecule is CCCOc1ccc(C(C)(C)C)c(OCCC)c1C=CC(=O)c1ccc(O)cc1. The molecular formula is C25H32O4. The first kappa shape index (κ1) is 22.5. The second-order valence-electron chi connectivity index (χ2n) is 8.05. The number of phenolic OH excluding ortho intramolecular Hbond substituents is 1. The molecule has 0 unspecified atom stereocenters. The predicted octanol–water partition coefficient (Wildman–Crippen LogP) is 6.16. The van der Waals surface area contributed by atoms with Crippen molar-refractivity contribution in [3.05, 3.63) is 59.2 Å². The molecule has 0 spiro atoms. The first-order chi connectivity index (χ1) is 13.8. The molecule has 0 bridgehead atoms. The van der Waals surface area contributed by atoms with Gasteiger partial charge in [0.25, 0.3) is 0 Å². The van der Waals surface area contributed by atoms with E-state index in [0.29, 0.717) is 24.5 Å². The van der Waals surface area contributed by atoms with Crippen LogP contribution in [-0.4, -0.2) is 24.1 Å². The van der Waals surface area contributed by atoms with Crippen molar-refractivity contribution in [3.8, 4) is 17.2 Å². The third-order valence-corrected chi connectivity index (χ3v) is 4.43. The quantitative estimate of drug-likeness (QED) is 0.407. The van der Waals surface area contributed by atoms with Crippen molar-refractivity contribution in [1.82, 2.24) is 0 Å². The monoisotopic (exact) mass is 396 g/mol. The van der Waals surface area contributed by atoms with E-state index < -0.39 is 0 Å².